The summed E-state index contributed by atoms with van der Waals surface area (Å²) in [4.78, 5) is 0. The van der Waals surface area contributed by atoms with Crippen LogP contribution in [0.1, 0.15) is 59.3 Å². The first-order valence-corrected chi connectivity index (χ1v) is 9.70. The van der Waals surface area contributed by atoms with Gasteiger partial charge in [0.2, 0.25) is 0 Å². The third-order valence-corrected chi connectivity index (χ3v) is 4.12. The molecule has 0 atom stereocenters. The third kappa shape index (κ3) is 17.6. The first kappa shape index (κ1) is 22.9. The summed E-state index contributed by atoms with van der Waals surface area (Å²) in [5.74, 6) is -0.479. The second-order valence-corrected chi connectivity index (χ2v) is 7.31. The molecule has 0 aliphatic heterocycles. The number of rotatable bonds is 11. The Kier molecular flexibility index (Phi) is 14.5. The van der Waals surface area contributed by atoms with Crippen molar-refractivity contribution in [3.05, 3.63) is 12.7 Å². The average molecular weight is 322 g/mol. The fraction of sp³-hybridized carbons (Fsp3) is 0.875. The van der Waals surface area contributed by atoms with Crippen LogP contribution in [-0.2, 0) is 10.1 Å². The molecule has 0 saturated heterocycles. The number of hydrogen-bond acceptors (Lipinski definition) is 3. The van der Waals surface area contributed by atoms with Crippen LogP contribution in [0.15, 0.2) is 12.7 Å². The minimum absolute atomic E-state index is 0.479. The first-order valence-electron chi connectivity index (χ1n) is 8.12. The fourth-order valence-corrected chi connectivity index (χ4v) is 2.39. The molecule has 0 aromatic carbocycles. The molecule has 0 aliphatic rings. The maximum absolute atomic E-state index is 9.60. The third-order valence-electron chi connectivity index (χ3n) is 3.48. The van der Waals surface area contributed by atoms with Crippen LogP contribution in [0.2, 0.25) is 0 Å². The summed E-state index contributed by atoms with van der Waals surface area (Å²) in [7, 11) is -1.60. The van der Waals surface area contributed by atoms with Gasteiger partial charge in [-0.25, -0.2) is 8.42 Å². The Morgan fingerprint density at radius 2 is 1.29 bits per heavy atom. The van der Waals surface area contributed by atoms with E-state index < -0.39 is 15.9 Å². The molecule has 0 spiro atoms. The molecule has 0 radical (unpaired) electrons. The number of nitrogens with zero attached hydrogens (tertiary/aromatic N) is 1. The van der Waals surface area contributed by atoms with Crippen molar-refractivity contribution in [1.82, 2.24) is 0 Å². The summed E-state index contributed by atoms with van der Waals surface area (Å²) < 4.78 is 30.1. The molecule has 0 saturated carbocycles. The summed E-state index contributed by atoms with van der Waals surface area (Å²) >= 11 is 0. The van der Waals surface area contributed by atoms with Gasteiger partial charge in [-0.1, -0.05) is 46.1 Å². The van der Waals surface area contributed by atoms with Gasteiger partial charge in [0.1, 0.15) is 0 Å². The monoisotopic (exact) mass is 321 g/mol. The predicted octanol–water partition coefficient (Wildman–Crippen LogP) is 3.55. The van der Waals surface area contributed by atoms with Gasteiger partial charge in [-0.05, 0) is 19.3 Å². The van der Waals surface area contributed by atoms with Crippen LogP contribution in [0.5, 0.6) is 0 Å². The second kappa shape index (κ2) is 13.3. The van der Waals surface area contributed by atoms with Crippen molar-refractivity contribution >= 4 is 10.1 Å². The van der Waals surface area contributed by atoms with Gasteiger partial charge in [-0.2, -0.15) is 0 Å². The Morgan fingerprint density at radius 1 is 0.952 bits per heavy atom. The fourth-order valence-electron chi connectivity index (χ4n) is 2.10. The molecule has 0 aliphatic carbocycles. The molecule has 21 heavy (non-hydrogen) atoms. The summed E-state index contributed by atoms with van der Waals surface area (Å²) in [5.41, 5.74) is 0. The highest BCUT2D eigenvalue weighted by atomic mass is 32.2. The lowest BCUT2D eigenvalue weighted by atomic mass is 10.2. The van der Waals surface area contributed by atoms with Gasteiger partial charge < -0.3 is 9.04 Å². The molecule has 5 heteroatoms. The highest BCUT2D eigenvalue weighted by molar-refractivity contribution is 7.85. The van der Waals surface area contributed by atoms with Crippen molar-refractivity contribution in [1.29, 1.82) is 0 Å². The zero-order chi connectivity index (χ0) is 16.8. The minimum atomic E-state index is -4.04. The largest absolute Gasteiger partial charge is 0.748 e. The standard InChI is InChI=1S/C13H30N.C3H6O3S/c1-5-8-11-14(4,12-9-6-2)13-10-7-3;1-2-3-7(4,5)6/h5-13H2,1-4H3;2H,1,3H2,(H,4,5,6)/q+1;/p-1. The molecular formula is C16H35NO3S. The van der Waals surface area contributed by atoms with Crippen molar-refractivity contribution in [2.75, 3.05) is 32.4 Å². The highest BCUT2D eigenvalue weighted by Gasteiger charge is 2.18. The summed E-state index contributed by atoms with van der Waals surface area (Å²) in [6.07, 6.45) is 9.25. The topological polar surface area (TPSA) is 57.2 Å². The molecular weight excluding hydrogens is 286 g/mol. The van der Waals surface area contributed by atoms with Crippen LogP contribution in [0.25, 0.3) is 0 Å². The smallest absolute Gasteiger partial charge is 0.0982 e. The lowest BCUT2D eigenvalue weighted by Crippen LogP contribution is -2.46. The van der Waals surface area contributed by atoms with Crippen molar-refractivity contribution in [3.63, 3.8) is 0 Å². The molecule has 128 valence electrons. The van der Waals surface area contributed by atoms with E-state index in [1.54, 1.807) is 0 Å². The molecule has 0 rings (SSSR count). The van der Waals surface area contributed by atoms with E-state index in [4.69, 9.17) is 0 Å². The summed E-state index contributed by atoms with van der Waals surface area (Å²) in [5, 5.41) is 0. The van der Waals surface area contributed by atoms with Crippen LogP contribution >= 0.6 is 0 Å². The molecule has 4 nitrogen and oxygen atoms in total. The Hall–Kier alpha value is -0.390. The van der Waals surface area contributed by atoms with Gasteiger partial charge in [-0.3, -0.25) is 0 Å². The second-order valence-electron chi connectivity index (χ2n) is 5.86. The Balaban J connectivity index is 0. The van der Waals surface area contributed by atoms with E-state index >= 15 is 0 Å². The van der Waals surface area contributed by atoms with E-state index in [1.165, 1.54) is 62.6 Å². The maximum atomic E-state index is 9.60. The van der Waals surface area contributed by atoms with E-state index in [0.717, 1.165) is 6.08 Å². The molecule has 0 aromatic heterocycles. The Labute approximate surface area is 132 Å². The van der Waals surface area contributed by atoms with Crippen LogP contribution in [0.4, 0.5) is 0 Å². The zero-order valence-electron chi connectivity index (χ0n) is 14.4. The van der Waals surface area contributed by atoms with Gasteiger partial charge in [0.05, 0.1) is 42.6 Å². The molecule has 0 unspecified atom stereocenters. The van der Waals surface area contributed by atoms with E-state index in [2.05, 4.69) is 34.4 Å². The molecule has 0 bridgehead atoms. The summed E-state index contributed by atoms with van der Waals surface area (Å²) in [6.45, 7) is 14.1. The van der Waals surface area contributed by atoms with E-state index in [9.17, 15) is 13.0 Å². The van der Waals surface area contributed by atoms with Gasteiger partial charge in [0.15, 0.2) is 0 Å². The Morgan fingerprint density at radius 3 is 1.43 bits per heavy atom. The average Bonchev–Trinajstić information content (AvgIpc) is 2.40. The van der Waals surface area contributed by atoms with Crippen molar-refractivity contribution in [3.8, 4) is 0 Å². The molecule has 0 heterocycles. The van der Waals surface area contributed by atoms with E-state index in [1.807, 2.05) is 0 Å². The van der Waals surface area contributed by atoms with Crippen molar-refractivity contribution in [2.45, 2.75) is 59.3 Å². The quantitative estimate of drug-likeness (QED) is 0.332. The number of hydrogen-bond donors (Lipinski definition) is 0. The van der Waals surface area contributed by atoms with Gasteiger partial charge in [0, 0.05) is 0 Å². The van der Waals surface area contributed by atoms with Crippen LogP contribution in [0, 0.1) is 0 Å². The molecule has 0 aromatic rings. The molecule has 0 fully saturated rings. The van der Waals surface area contributed by atoms with E-state index in [0.29, 0.717) is 0 Å². The van der Waals surface area contributed by atoms with Crippen LogP contribution in [0.3, 0.4) is 0 Å². The lowest BCUT2D eigenvalue weighted by molar-refractivity contribution is -0.910. The summed E-state index contributed by atoms with van der Waals surface area (Å²) in [6, 6.07) is 0. The maximum Gasteiger partial charge on any atom is 0.0982 e. The van der Waals surface area contributed by atoms with E-state index in [-0.39, 0.29) is 0 Å². The molecule has 0 amide bonds. The lowest BCUT2D eigenvalue weighted by Gasteiger charge is -2.34. The Bertz CT molecular complexity index is 318. The number of unbranched alkanes of at least 4 members (excludes halogenated alkanes) is 3. The van der Waals surface area contributed by atoms with Crippen LogP contribution in [-0.4, -0.2) is 49.9 Å². The van der Waals surface area contributed by atoms with Crippen molar-refractivity contribution in [2.24, 2.45) is 0 Å². The normalized spacial score (nSPS) is 11.7. The van der Waals surface area contributed by atoms with Crippen molar-refractivity contribution < 1.29 is 17.5 Å². The first-order chi connectivity index (χ1) is 9.74. The zero-order valence-corrected chi connectivity index (χ0v) is 15.3. The SMILES string of the molecule is C=CCS(=O)(=O)[O-].CCCC[N+](C)(CCCC)CCCC. The van der Waals surface area contributed by atoms with Crippen LogP contribution < -0.4 is 0 Å². The van der Waals surface area contributed by atoms with Gasteiger partial charge in [-0.15, -0.1) is 6.58 Å². The minimum Gasteiger partial charge on any atom is -0.748 e. The van der Waals surface area contributed by atoms with Gasteiger partial charge >= 0.3 is 0 Å². The van der Waals surface area contributed by atoms with Gasteiger partial charge in [0.25, 0.3) is 0 Å². The number of quaternary nitrogens is 1. The molecule has 0 N–H and O–H groups in total. The highest BCUT2D eigenvalue weighted by Crippen LogP contribution is 2.10. The predicted molar refractivity (Wildman–Crippen MR) is 90.3 cm³/mol.